The molecule has 0 radical (unpaired) electrons. The zero-order chi connectivity index (χ0) is 14.5. The number of benzene rings is 2. The lowest BCUT2D eigenvalue weighted by Gasteiger charge is -2.11. The van der Waals surface area contributed by atoms with Gasteiger partial charge in [-0.3, -0.25) is 0 Å². The minimum atomic E-state index is -0.848. The molecule has 2 nitrogen and oxygen atoms in total. The molecular formula is C15H14ClF2NO. The maximum absolute atomic E-state index is 13.1. The maximum atomic E-state index is 13.1. The Labute approximate surface area is 121 Å². The average molecular weight is 298 g/mol. The van der Waals surface area contributed by atoms with E-state index in [1.54, 1.807) is 19.2 Å². The summed E-state index contributed by atoms with van der Waals surface area (Å²) in [5, 5.41) is 3.73. The van der Waals surface area contributed by atoms with Gasteiger partial charge in [0.2, 0.25) is 0 Å². The van der Waals surface area contributed by atoms with Crippen molar-refractivity contribution in [2.24, 2.45) is 0 Å². The second-order valence-electron chi connectivity index (χ2n) is 4.27. The monoisotopic (exact) mass is 297 g/mol. The highest BCUT2D eigenvalue weighted by Gasteiger charge is 2.07. The third kappa shape index (κ3) is 3.46. The zero-order valence-corrected chi connectivity index (χ0v) is 11.7. The molecule has 0 aliphatic heterocycles. The van der Waals surface area contributed by atoms with Gasteiger partial charge in [0, 0.05) is 23.7 Å². The van der Waals surface area contributed by atoms with Gasteiger partial charge in [0.05, 0.1) is 7.11 Å². The highest BCUT2D eigenvalue weighted by Crippen LogP contribution is 2.25. The van der Waals surface area contributed by atoms with Crippen molar-refractivity contribution in [3.05, 3.63) is 64.2 Å². The fraction of sp³-hybridized carbons (Fsp3) is 0.200. The number of rotatable bonds is 5. The fourth-order valence-corrected chi connectivity index (χ4v) is 2.12. The van der Waals surface area contributed by atoms with Crippen molar-refractivity contribution >= 4 is 11.6 Å². The highest BCUT2D eigenvalue weighted by atomic mass is 35.5. The van der Waals surface area contributed by atoms with Crippen LogP contribution in [0.2, 0.25) is 5.02 Å². The summed E-state index contributed by atoms with van der Waals surface area (Å²) in [4.78, 5) is 0. The molecule has 0 saturated heterocycles. The predicted molar refractivity (Wildman–Crippen MR) is 74.9 cm³/mol. The smallest absolute Gasteiger partial charge is 0.159 e. The van der Waals surface area contributed by atoms with Crippen LogP contribution in [0.5, 0.6) is 5.75 Å². The normalized spacial score (nSPS) is 10.6. The fourth-order valence-electron chi connectivity index (χ4n) is 1.88. The van der Waals surface area contributed by atoms with Crippen molar-refractivity contribution in [1.29, 1.82) is 0 Å². The van der Waals surface area contributed by atoms with Crippen molar-refractivity contribution in [3.63, 3.8) is 0 Å². The first-order valence-corrected chi connectivity index (χ1v) is 6.45. The van der Waals surface area contributed by atoms with Gasteiger partial charge >= 0.3 is 0 Å². The van der Waals surface area contributed by atoms with Crippen molar-refractivity contribution < 1.29 is 13.5 Å². The van der Waals surface area contributed by atoms with Gasteiger partial charge in [-0.05, 0) is 29.8 Å². The van der Waals surface area contributed by atoms with Gasteiger partial charge in [-0.1, -0.05) is 23.7 Å². The summed E-state index contributed by atoms with van der Waals surface area (Å²) in [6.07, 6.45) is 0. The van der Waals surface area contributed by atoms with Crippen molar-refractivity contribution in [2.45, 2.75) is 13.1 Å². The molecule has 0 fully saturated rings. The number of hydrogen-bond acceptors (Lipinski definition) is 2. The van der Waals surface area contributed by atoms with Crippen LogP contribution in [0.4, 0.5) is 8.78 Å². The van der Waals surface area contributed by atoms with E-state index in [0.29, 0.717) is 29.4 Å². The van der Waals surface area contributed by atoms with E-state index in [9.17, 15) is 8.78 Å². The molecule has 0 unspecified atom stereocenters. The first kappa shape index (κ1) is 14.8. The first-order valence-electron chi connectivity index (χ1n) is 6.08. The number of ether oxygens (including phenoxy) is 1. The Morgan fingerprint density at radius 2 is 1.90 bits per heavy atom. The third-order valence-electron chi connectivity index (χ3n) is 2.91. The van der Waals surface area contributed by atoms with Crippen LogP contribution >= 0.6 is 11.6 Å². The first-order chi connectivity index (χ1) is 9.61. The SMILES string of the molecule is COc1cccc(Cl)c1CNCc1ccc(F)c(F)c1. The molecule has 0 bridgehead atoms. The quantitative estimate of drug-likeness (QED) is 0.903. The third-order valence-corrected chi connectivity index (χ3v) is 3.26. The lowest BCUT2D eigenvalue weighted by molar-refractivity contribution is 0.407. The molecule has 5 heteroatoms. The lowest BCUT2D eigenvalue weighted by atomic mass is 10.1. The summed E-state index contributed by atoms with van der Waals surface area (Å²) < 4.78 is 31.1. The van der Waals surface area contributed by atoms with E-state index in [4.69, 9.17) is 16.3 Å². The zero-order valence-electron chi connectivity index (χ0n) is 10.9. The molecule has 0 amide bonds. The van der Waals surface area contributed by atoms with Gasteiger partial charge in [-0.25, -0.2) is 8.78 Å². The summed E-state index contributed by atoms with van der Waals surface area (Å²) >= 11 is 6.11. The number of nitrogens with one attached hydrogen (secondary N) is 1. The summed E-state index contributed by atoms with van der Waals surface area (Å²) in [6, 6.07) is 9.23. The number of halogens is 3. The van der Waals surface area contributed by atoms with E-state index in [2.05, 4.69) is 5.32 Å². The van der Waals surface area contributed by atoms with E-state index in [1.165, 1.54) is 12.1 Å². The molecule has 2 aromatic rings. The van der Waals surface area contributed by atoms with Gasteiger partial charge < -0.3 is 10.1 Å². The summed E-state index contributed by atoms with van der Waals surface area (Å²) in [5.74, 6) is -1.00. The minimum absolute atomic E-state index is 0.408. The number of methoxy groups -OCH3 is 1. The largest absolute Gasteiger partial charge is 0.496 e. The van der Waals surface area contributed by atoms with E-state index in [1.807, 2.05) is 6.07 Å². The lowest BCUT2D eigenvalue weighted by Crippen LogP contribution is -2.14. The predicted octanol–water partition coefficient (Wildman–Crippen LogP) is 3.92. The molecule has 0 heterocycles. The molecule has 1 N–H and O–H groups in total. The van der Waals surface area contributed by atoms with E-state index < -0.39 is 11.6 Å². The molecule has 0 aliphatic carbocycles. The molecule has 0 atom stereocenters. The van der Waals surface area contributed by atoms with Crippen molar-refractivity contribution in [2.75, 3.05) is 7.11 Å². The molecule has 20 heavy (non-hydrogen) atoms. The minimum Gasteiger partial charge on any atom is -0.496 e. The van der Waals surface area contributed by atoms with E-state index >= 15 is 0 Å². The average Bonchev–Trinajstić information content (AvgIpc) is 2.44. The Bertz CT molecular complexity index is 604. The second kappa shape index (κ2) is 6.68. The van der Waals surface area contributed by atoms with Crippen LogP contribution in [0.1, 0.15) is 11.1 Å². The molecule has 0 saturated carbocycles. The van der Waals surface area contributed by atoms with Gasteiger partial charge in [0.15, 0.2) is 11.6 Å². The Morgan fingerprint density at radius 3 is 2.60 bits per heavy atom. The second-order valence-corrected chi connectivity index (χ2v) is 4.68. The molecule has 0 aliphatic rings. The van der Waals surface area contributed by atoms with Crippen LogP contribution in [0.25, 0.3) is 0 Å². The molecule has 0 spiro atoms. The topological polar surface area (TPSA) is 21.3 Å². The van der Waals surface area contributed by atoms with Crippen LogP contribution in [0.3, 0.4) is 0 Å². The number of hydrogen-bond donors (Lipinski definition) is 1. The Kier molecular flexibility index (Phi) is 4.93. The standard InChI is InChI=1S/C15H14ClF2NO/c1-20-15-4-2-3-12(16)11(15)9-19-8-10-5-6-13(17)14(18)7-10/h2-7,19H,8-9H2,1H3. The Balaban J connectivity index is 2.01. The van der Waals surface area contributed by atoms with E-state index in [-0.39, 0.29) is 0 Å². The summed E-state index contributed by atoms with van der Waals surface area (Å²) in [6.45, 7) is 0.882. The summed E-state index contributed by atoms with van der Waals surface area (Å²) in [5.41, 5.74) is 1.49. The van der Waals surface area contributed by atoms with Crippen molar-refractivity contribution in [1.82, 2.24) is 5.32 Å². The van der Waals surface area contributed by atoms with Crippen LogP contribution in [-0.2, 0) is 13.1 Å². The molecule has 2 aromatic carbocycles. The van der Waals surface area contributed by atoms with Crippen LogP contribution in [0, 0.1) is 11.6 Å². The maximum Gasteiger partial charge on any atom is 0.159 e. The van der Waals surface area contributed by atoms with Gasteiger partial charge in [0.25, 0.3) is 0 Å². The van der Waals surface area contributed by atoms with Crippen LogP contribution < -0.4 is 10.1 Å². The van der Waals surface area contributed by atoms with Crippen molar-refractivity contribution in [3.8, 4) is 5.75 Å². The van der Waals surface area contributed by atoms with Crippen LogP contribution in [-0.4, -0.2) is 7.11 Å². The van der Waals surface area contributed by atoms with Gasteiger partial charge in [0.1, 0.15) is 5.75 Å². The van der Waals surface area contributed by atoms with Gasteiger partial charge in [-0.15, -0.1) is 0 Å². The molecule has 0 aromatic heterocycles. The van der Waals surface area contributed by atoms with E-state index in [0.717, 1.165) is 11.6 Å². The molecular weight excluding hydrogens is 284 g/mol. The molecule has 2 rings (SSSR count). The van der Waals surface area contributed by atoms with Gasteiger partial charge in [-0.2, -0.15) is 0 Å². The Morgan fingerprint density at radius 1 is 1.10 bits per heavy atom. The molecule has 106 valence electrons. The summed E-state index contributed by atoms with van der Waals surface area (Å²) in [7, 11) is 1.57. The van der Waals surface area contributed by atoms with Crippen LogP contribution in [0.15, 0.2) is 36.4 Å². The highest BCUT2D eigenvalue weighted by molar-refractivity contribution is 6.31. The Hall–Kier alpha value is -1.65.